The molecule has 1 saturated heterocycles. The lowest BCUT2D eigenvalue weighted by Gasteiger charge is -2.33. The van der Waals surface area contributed by atoms with E-state index in [1.165, 1.54) is 0 Å². The predicted molar refractivity (Wildman–Crippen MR) is 133 cm³/mol. The molecule has 0 saturated carbocycles. The van der Waals surface area contributed by atoms with Gasteiger partial charge in [-0.05, 0) is 29.3 Å². The van der Waals surface area contributed by atoms with Crippen LogP contribution >= 0.6 is 15.9 Å². The number of fused-ring (bicyclic) bond motifs is 2. The van der Waals surface area contributed by atoms with E-state index in [1.807, 2.05) is 47.4 Å². The number of nitrogens with zero attached hydrogens (tertiary/aromatic N) is 3. The Hall–Kier alpha value is -3.01. The summed E-state index contributed by atoms with van der Waals surface area (Å²) < 4.78 is 0.924. The van der Waals surface area contributed by atoms with Crippen LogP contribution in [0.3, 0.4) is 0 Å². The highest BCUT2D eigenvalue weighted by Gasteiger charge is 2.34. The number of rotatable bonds is 6. The van der Waals surface area contributed by atoms with Gasteiger partial charge in [0.2, 0.25) is 0 Å². The lowest BCUT2D eigenvalue weighted by atomic mass is 10.0. The highest BCUT2D eigenvalue weighted by atomic mass is 79.9. The molecule has 2 aliphatic heterocycles. The summed E-state index contributed by atoms with van der Waals surface area (Å²) >= 11 is 3.52. The number of hydrogen-bond acceptors (Lipinski definition) is 7. The first-order valence-electron chi connectivity index (χ1n) is 11.3. The Morgan fingerprint density at radius 2 is 1.85 bits per heavy atom. The monoisotopic (exact) mass is 524 g/mol. The van der Waals surface area contributed by atoms with E-state index < -0.39 is 5.97 Å². The minimum atomic E-state index is -0.793. The smallest absolute Gasteiger partial charge is 0.317 e. The highest BCUT2D eigenvalue weighted by molar-refractivity contribution is 9.10. The molecule has 2 aromatic rings. The second-order valence-corrected chi connectivity index (χ2v) is 9.52. The maximum absolute atomic E-state index is 13.0. The SMILES string of the molecule is O=C(O)CN1CCN(CCO/N=C2/C(=C3/C(=O)Cc4ccc(Br)cc43)Nc3ccccc32)CC1. The Morgan fingerprint density at radius 3 is 2.65 bits per heavy atom. The Kier molecular flexibility index (Phi) is 6.49. The lowest BCUT2D eigenvalue weighted by Crippen LogP contribution is -2.48. The molecule has 0 radical (unpaired) electrons. The number of Topliss-reactive ketones (excluding diaryl/α,β-unsaturated/α-hetero) is 1. The molecular formula is C25H25BrN4O4. The van der Waals surface area contributed by atoms with E-state index in [0.717, 1.165) is 53.0 Å². The molecule has 1 aliphatic carbocycles. The zero-order chi connectivity index (χ0) is 23.7. The number of carboxylic acids is 1. The molecule has 2 aromatic carbocycles. The van der Waals surface area contributed by atoms with E-state index in [2.05, 4.69) is 31.3 Å². The van der Waals surface area contributed by atoms with Crippen LogP contribution in [0.2, 0.25) is 0 Å². The van der Waals surface area contributed by atoms with E-state index in [9.17, 15) is 9.59 Å². The molecule has 0 unspecified atom stereocenters. The number of hydrogen-bond donors (Lipinski definition) is 2. The van der Waals surface area contributed by atoms with E-state index in [1.54, 1.807) is 0 Å². The summed E-state index contributed by atoms with van der Waals surface area (Å²) in [6, 6.07) is 13.8. The van der Waals surface area contributed by atoms with Crippen molar-refractivity contribution in [1.29, 1.82) is 0 Å². The molecule has 0 amide bonds. The molecule has 8 nitrogen and oxygen atoms in total. The minimum absolute atomic E-state index is 0.0651. The Labute approximate surface area is 206 Å². The van der Waals surface area contributed by atoms with Crippen molar-refractivity contribution < 1.29 is 19.5 Å². The third-order valence-electron chi connectivity index (χ3n) is 6.38. The van der Waals surface area contributed by atoms with Crippen LogP contribution in [0.4, 0.5) is 5.69 Å². The molecule has 3 aliphatic rings. The van der Waals surface area contributed by atoms with Gasteiger partial charge in [0.05, 0.1) is 17.8 Å². The van der Waals surface area contributed by atoms with Crippen molar-refractivity contribution in [2.45, 2.75) is 6.42 Å². The van der Waals surface area contributed by atoms with E-state index in [0.29, 0.717) is 36.6 Å². The number of para-hydroxylation sites is 1. The molecule has 1 fully saturated rings. The summed E-state index contributed by atoms with van der Waals surface area (Å²) in [5.74, 6) is -0.728. The van der Waals surface area contributed by atoms with Gasteiger partial charge in [0.1, 0.15) is 12.3 Å². The number of allylic oxidation sites excluding steroid dienone is 2. The number of aliphatic carboxylic acids is 1. The first kappa shape index (κ1) is 22.8. The van der Waals surface area contributed by atoms with Gasteiger partial charge < -0.3 is 15.3 Å². The summed E-state index contributed by atoms with van der Waals surface area (Å²) in [5, 5.41) is 16.8. The van der Waals surface area contributed by atoms with Crippen LogP contribution in [0.25, 0.3) is 5.57 Å². The summed E-state index contributed by atoms with van der Waals surface area (Å²) in [4.78, 5) is 33.8. The second kappa shape index (κ2) is 9.69. The summed E-state index contributed by atoms with van der Waals surface area (Å²) in [5.41, 5.74) is 5.70. The van der Waals surface area contributed by atoms with Gasteiger partial charge in [-0.15, -0.1) is 0 Å². The molecule has 0 aromatic heterocycles. The predicted octanol–water partition coefficient (Wildman–Crippen LogP) is 2.83. The number of ketones is 1. The Bertz CT molecular complexity index is 1200. The van der Waals surface area contributed by atoms with Gasteiger partial charge in [0.15, 0.2) is 5.78 Å². The first-order valence-corrected chi connectivity index (χ1v) is 12.1. The lowest BCUT2D eigenvalue weighted by molar-refractivity contribution is -0.138. The number of carbonyl (C=O) groups is 2. The number of halogens is 1. The third-order valence-corrected chi connectivity index (χ3v) is 6.87. The summed E-state index contributed by atoms with van der Waals surface area (Å²) in [7, 11) is 0. The molecular weight excluding hydrogens is 500 g/mol. The normalized spacial score (nSPS) is 21.4. The minimum Gasteiger partial charge on any atom is -0.480 e. The second-order valence-electron chi connectivity index (χ2n) is 8.61. The molecule has 0 atom stereocenters. The Balaban J connectivity index is 1.33. The number of nitrogens with one attached hydrogen (secondary N) is 1. The van der Waals surface area contributed by atoms with Crippen molar-refractivity contribution in [3.05, 3.63) is 69.3 Å². The Morgan fingerprint density at radius 1 is 1.09 bits per heavy atom. The van der Waals surface area contributed by atoms with Gasteiger partial charge >= 0.3 is 5.97 Å². The number of anilines is 1. The molecule has 9 heteroatoms. The first-order chi connectivity index (χ1) is 16.5. The standard InChI is InChI=1S/C25H25BrN4O4/c26-17-6-5-16-13-21(31)23(19(16)14-17)25-24(18-3-1-2-4-20(18)27-25)28-34-12-11-29-7-9-30(10-8-29)15-22(32)33/h1-6,14,27H,7-13,15H2,(H,32,33)/b25-23-,28-24+. The quantitative estimate of drug-likeness (QED) is 0.340. The van der Waals surface area contributed by atoms with Gasteiger partial charge in [0, 0.05) is 54.9 Å². The maximum Gasteiger partial charge on any atom is 0.317 e. The van der Waals surface area contributed by atoms with Crippen LogP contribution in [-0.2, 0) is 20.8 Å². The average Bonchev–Trinajstić information content (AvgIpc) is 3.33. The summed E-state index contributed by atoms with van der Waals surface area (Å²) in [6.07, 6.45) is 0.376. The van der Waals surface area contributed by atoms with Crippen molar-refractivity contribution in [2.24, 2.45) is 5.16 Å². The number of carboxylic acid groups (broad SMARTS) is 1. The van der Waals surface area contributed by atoms with Crippen LogP contribution < -0.4 is 5.32 Å². The van der Waals surface area contributed by atoms with Gasteiger partial charge in [0.25, 0.3) is 0 Å². The molecule has 5 rings (SSSR count). The molecule has 0 bridgehead atoms. The zero-order valence-electron chi connectivity index (χ0n) is 18.6. The van der Waals surface area contributed by atoms with E-state index in [4.69, 9.17) is 9.94 Å². The average molecular weight is 525 g/mol. The molecule has 0 spiro atoms. The van der Waals surface area contributed by atoms with Crippen LogP contribution in [0, 0.1) is 0 Å². The number of carbonyl (C=O) groups excluding carboxylic acids is 1. The van der Waals surface area contributed by atoms with Crippen LogP contribution in [-0.4, -0.2) is 78.2 Å². The zero-order valence-corrected chi connectivity index (χ0v) is 20.2. The number of benzene rings is 2. The summed E-state index contributed by atoms with van der Waals surface area (Å²) in [6.45, 7) is 4.24. The maximum atomic E-state index is 13.0. The molecule has 34 heavy (non-hydrogen) atoms. The van der Waals surface area contributed by atoms with E-state index >= 15 is 0 Å². The largest absolute Gasteiger partial charge is 0.480 e. The molecule has 176 valence electrons. The topological polar surface area (TPSA) is 94.5 Å². The van der Waals surface area contributed by atoms with Crippen molar-refractivity contribution in [1.82, 2.24) is 9.80 Å². The number of oxime groups is 1. The molecule has 2 N–H and O–H groups in total. The van der Waals surface area contributed by atoms with Gasteiger partial charge in [-0.25, -0.2) is 0 Å². The van der Waals surface area contributed by atoms with Gasteiger partial charge in [-0.2, -0.15) is 0 Å². The van der Waals surface area contributed by atoms with Crippen molar-refractivity contribution >= 4 is 44.7 Å². The van der Waals surface area contributed by atoms with Crippen LogP contribution in [0.1, 0.15) is 16.7 Å². The van der Waals surface area contributed by atoms with E-state index in [-0.39, 0.29) is 12.3 Å². The fraction of sp³-hybridized carbons (Fsp3) is 0.320. The highest BCUT2D eigenvalue weighted by Crippen LogP contribution is 2.39. The van der Waals surface area contributed by atoms with Crippen molar-refractivity contribution in [3.63, 3.8) is 0 Å². The van der Waals surface area contributed by atoms with Gasteiger partial charge in [-0.3, -0.25) is 19.4 Å². The fourth-order valence-corrected chi connectivity index (χ4v) is 5.03. The number of piperazine rings is 1. The van der Waals surface area contributed by atoms with Crippen molar-refractivity contribution in [2.75, 3.05) is 51.2 Å². The van der Waals surface area contributed by atoms with Gasteiger partial charge in [-0.1, -0.05) is 45.4 Å². The molecule has 2 heterocycles. The van der Waals surface area contributed by atoms with Crippen LogP contribution in [0.15, 0.2) is 57.8 Å². The fourth-order valence-electron chi connectivity index (χ4n) is 4.67. The third kappa shape index (κ3) is 4.64. The van der Waals surface area contributed by atoms with Crippen LogP contribution in [0.5, 0.6) is 0 Å². The van der Waals surface area contributed by atoms with Crippen molar-refractivity contribution in [3.8, 4) is 0 Å².